The van der Waals surface area contributed by atoms with Crippen LogP contribution in [-0.4, -0.2) is 38.3 Å². The molecule has 3 saturated carbocycles. The molecule has 4 fully saturated rings. The molecule has 1 amide bonds. The van der Waals surface area contributed by atoms with Crippen molar-refractivity contribution in [2.75, 3.05) is 26.4 Å². The summed E-state index contributed by atoms with van der Waals surface area (Å²) in [6.07, 6.45) is 9.59. The lowest BCUT2D eigenvalue weighted by molar-refractivity contribution is -0.134. The largest absolute Gasteiger partial charge is 0.489 e. The fourth-order valence-corrected chi connectivity index (χ4v) is 5.64. The highest BCUT2D eigenvalue weighted by Crippen LogP contribution is 2.55. The molecule has 178 valence electrons. The van der Waals surface area contributed by atoms with Gasteiger partial charge in [-0.15, -0.1) is 12.4 Å². The minimum Gasteiger partial charge on any atom is -0.489 e. The number of rotatable bonds is 7. The highest BCUT2D eigenvalue weighted by Gasteiger charge is 2.50. The third-order valence-electron chi connectivity index (χ3n) is 7.82. The number of halogens is 2. The molecule has 4 aliphatic rings. The van der Waals surface area contributed by atoms with Crippen LogP contribution in [0.2, 0.25) is 0 Å². The molecule has 1 saturated heterocycles. The Bertz CT molecular complexity index is 785. The van der Waals surface area contributed by atoms with Gasteiger partial charge >= 0.3 is 0 Å². The molecule has 0 aromatic heterocycles. The van der Waals surface area contributed by atoms with Crippen molar-refractivity contribution >= 4 is 18.3 Å². The molecule has 32 heavy (non-hydrogen) atoms. The van der Waals surface area contributed by atoms with Gasteiger partial charge in [0.15, 0.2) is 0 Å². The predicted molar refractivity (Wildman–Crippen MR) is 126 cm³/mol. The number of ether oxygens (including phenoxy) is 2. The maximum Gasteiger partial charge on any atom is 0.226 e. The summed E-state index contributed by atoms with van der Waals surface area (Å²) < 4.78 is 23.8. The second kappa shape index (κ2) is 11.0. The van der Waals surface area contributed by atoms with Gasteiger partial charge in [-0.3, -0.25) is 4.79 Å². The number of nitrogens with one attached hydrogen (secondary N) is 1. The summed E-state index contributed by atoms with van der Waals surface area (Å²) in [6, 6.07) is 8.51. The van der Waals surface area contributed by atoms with Crippen molar-refractivity contribution < 1.29 is 18.7 Å². The summed E-state index contributed by atoms with van der Waals surface area (Å²) in [7, 11) is 0. The van der Waals surface area contributed by atoms with E-state index in [1.54, 1.807) is 0 Å². The van der Waals surface area contributed by atoms with Crippen molar-refractivity contribution in [3.63, 3.8) is 0 Å². The molecule has 0 unspecified atom stereocenters. The van der Waals surface area contributed by atoms with Gasteiger partial charge in [0, 0.05) is 36.8 Å². The van der Waals surface area contributed by atoms with Crippen LogP contribution in [0, 0.1) is 5.41 Å². The normalized spacial score (nSPS) is 28.5. The van der Waals surface area contributed by atoms with E-state index < -0.39 is 0 Å². The zero-order chi connectivity index (χ0) is 21.7. The van der Waals surface area contributed by atoms with Gasteiger partial charge in [0.2, 0.25) is 5.91 Å². The molecule has 3 N–H and O–H groups in total. The Kier molecular flexibility index (Phi) is 8.59. The van der Waals surface area contributed by atoms with E-state index >= 15 is 0 Å². The summed E-state index contributed by atoms with van der Waals surface area (Å²) in [4.78, 5) is 13.3. The van der Waals surface area contributed by atoms with Crippen LogP contribution in [0.1, 0.15) is 63.4 Å². The fraction of sp³-hybridized carbons (Fsp3) is 0.640. The molecule has 1 aliphatic heterocycles. The molecule has 0 radical (unpaired) electrons. The minimum atomic E-state index is -0.196. The monoisotopic (exact) mass is 466 g/mol. The highest BCUT2D eigenvalue weighted by molar-refractivity contribution is 5.85. The Morgan fingerprint density at radius 2 is 1.81 bits per heavy atom. The number of fused-ring (bicyclic) bond motifs is 4. The smallest absolute Gasteiger partial charge is 0.226 e. The third-order valence-corrected chi connectivity index (χ3v) is 7.82. The van der Waals surface area contributed by atoms with Crippen molar-refractivity contribution in [3.8, 4) is 5.75 Å². The molecule has 1 aromatic carbocycles. The maximum absolute atomic E-state index is 13.3. The number of hydrogen-bond acceptors (Lipinski definition) is 4. The number of amides is 1. The first-order chi connectivity index (χ1) is 15.1. The van der Waals surface area contributed by atoms with Crippen LogP contribution in [-0.2, 0) is 14.9 Å². The molecular weight excluding hydrogens is 431 g/mol. The van der Waals surface area contributed by atoms with Crippen LogP contribution in [0.15, 0.2) is 36.2 Å². The number of hydrogen-bond donors (Lipinski definition) is 2. The Labute approximate surface area is 196 Å². The van der Waals surface area contributed by atoms with Gasteiger partial charge in [0.1, 0.15) is 12.4 Å². The van der Waals surface area contributed by atoms with E-state index in [1.807, 2.05) is 12.1 Å². The quantitative estimate of drug-likeness (QED) is 0.617. The van der Waals surface area contributed by atoms with Crippen LogP contribution in [0.4, 0.5) is 4.39 Å². The molecular formula is C25H36ClFN2O3. The molecule has 0 atom stereocenters. The molecule has 0 spiro atoms. The summed E-state index contributed by atoms with van der Waals surface area (Å²) in [5.41, 5.74) is 7.21. The molecule has 1 aromatic rings. The highest BCUT2D eigenvalue weighted by atomic mass is 35.5. The van der Waals surface area contributed by atoms with E-state index in [-0.39, 0.29) is 48.3 Å². The van der Waals surface area contributed by atoms with Crippen molar-refractivity contribution in [1.82, 2.24) is 5.32 Å². The molecule has 5 rings (SSSR count). The second-order valence-corrected chi connectivity index (χ2v) is 9.56. The van der Waals surface area contributed by atoms with E-state index in [2.05, 4.69) is 17.4 Å². The number of carbonyl (C=O) groups is 1. The lowest BCUT2D eigenvalue weighted by atomic mass is 9.62. The lowest BCUT2D eigenvalue weighted by Crippen LogP contribution is -2.49. The Morgan fingerprint density at radius 3 is 2.44 bits per heavy atom. The van der Waals surface area contributed by atoms with Crippen LogP contribution in [0.25, 0.3) is 0 Å². The van der Waals surface area contributed by atoms with Crippen LogP contribution < -0.4 is 15.8 Å². The second-order valence-electron chi connectivity index (χ2n) is 9.56. The molecule has 5 nitrogen and oxygen atoms in total. The van der Waals surface area contributed by atoms with E-state index in [0.29, 0.717) is 11.9 Å². The Morgan fingerprint density at radius 1 is 1.12 bits per heavy atom. The topological polar surface area (TPSA) is 73.6 Å². The van der Waals surface area contributed by atoms with Crippen molar-refractivity contribution in [2.24, 2.45) is 11.1 Å². The zero-order valence-corrected chi connectivity index (χ0v) is 19.6. The SMILES string of the molecule is Cl.NC/C(=C\F)COc1ccc(C23CCCC(C(=O)NC4CCOCC4)(CC2)CC3)cc1. The molecule has 3 aliphatic carbocycles. The van der Waals surface area contributed by atoms with Gasteiger partial charge in [0.25, 0.3) is 0 Å². The Hall–Kier alpha value is -1.63. The summed E-state index contributed by atoms with van der Waals surface area (Å²) >= 11 is 0. The van der Waals surface area contributed by atoms with Crippen LogP contribution in [0.5, 0.6) is 5.75 Å². The van der Waals surface area contributed by atoms with Crippen molar-refractivity contribution in [2.45, 2.75) is 69.2 Å². The summed E-state index contributed by atoms with van der Waals surface area (Å²) in [5.74, 6) is 0.998. The predicted octanol–water partition coefficient (Wildman–Crippen LogP) is 4.58. The maximum atomic E-state index is 13.3. The molecule has 7 heteroatoms. The van der Waals surface area contributed by atoms with Crippen molar-refractivity contribution in [1.29, 1.82) is 0 Å². The first-order valence-electron chi connectivity index (χ1n) is 11.7. The molecule has 1 heterocycles. The number of nitrogens with two attached hydrogens (primary N) is 1. The van der Waals surface area contributed by atoms with E-state index in [4.69, 9.17) is 15.2 Å². The first kappa shape index (κ1) is 25.0. The number of carbonyl (C=O) groups excluding carboxylic acids is 1. The van der Waals surface area contributed by atoms with Crippen LogP contribution >= 0.6 is 12.4 Å². The molecule has 2 bridgehead atoms. The summed E-state index contributed by atoms with van der Waals surface area (Å²) in [5, 5.41) is 3.35. The lowest BCUT2D eigenvalue weighted by Gasteiger charge is -2.43. The fourth-order valence-electron chi connectivity index (χ4n) is 5.64. The minimum absolute atomic E-state index is 0. The van der Waals surface area contributed by atoms with Crippen molar-refractivity contribution in [3.05, 3.63) is 41.7 Å². The summed E-state index contributed by atoms with van der Waals surface area (Å²) in [6.45, 7) is 1.82. The van der Waals surface area contributed by atoms with Crippen LogP contribution in [0.3, 0.4) is 0 Å². The average molecular weight is 467 g/mol. The van der Waals surface area contributed by atoms with E-state index in [9.17, 15) is 9.18 Å². The Balaban J connectivity index is 0.00000289. The van der Waals surface area contributed by atoms with E-state index in [0.717, 1.165) is 76.8 Å². The van der Waals surface area contributed by atoms with Gasteiger partial charge < -0.3 is 20.5 Å². The van der Waals surface area contributed by atoms with Gasteiger partial charge in [-0.25, -0.2) is 4.39 Å². The zero-order valence-electron chi connectivity index (χ0n) is 18.7. The van der Waals surface area contributed by atoms with Gasteiger partial charge in [-0.2, -0.15) is 0 Å². The first-order valence-corrected chi connectivity index (χ1v) is 11.7. The standard InChI is InChI=1S/C25H35FN2O3.ClH/c26-16-19(17-27)18-31-22-4-2-20(3-5-22)24-8-1-9-25(12-10-24,13-11-24)23(29)28-21-6-14-30-15-7-21;/h2-5,16,21H,1,6-15,17-18,27H2,(H,28,29);1H/b19-16+;. The average Bonchev–Trinajstić information content (AvgIpc) is 3.13. The van der Waals surface area contributed by atoms with E-state index in [1.165, 1.54) is 5.56 Å². The third kappa shape index (κ3) is 5.29. The van der Waals surface area contributed by atoms with Gasteiger partial charge in [-0.1, -0.05) is 18.6 Å². The van der Waals surface area contributed by atoms with Gasteiger partial charge in [0.05, 0.1) is 6.33 Å². The number of benzene rings is 1. The van der Waals surface area contributed by atoms with Gasteiger partial charge in [-0.05, 0) is 74.5 Å².